The Kier molecular flexibility index (Phi) is 4.63. The molecule has 2 aromatic rings. The van der Waals surface area contributed by atoms with E-state index in [9.17, 15) is 14.7 Å². The number of ether oxygens (including phenoxy) is 1. The van der Waals surface area contributed by atoms with Gasteiger partial charge < -0.3 is 20.5 Å². The van der Waals surface area contributed by atoms with E-state index in [1.165, 1.54) is 19.2 Å². The van der Waals surface area contributed by atoms with Gasteiger partial charge in [0.15, 0.2) is 0 Å². The van der Waals surface area contributed by atoms with Crippen molar-refractivity contribution in [1.29, 1.82) is 0 Å². The van der Waals surface area contributed by atoms with Crippen LogP contribution in [0, 0.1) is 11.8 Å². The molecule has 1 aliphatic heterocycles. The average Bonchev–Trinajstić information content (AvgIpc) is 3.13. The maximum absolute atomic E-state index is 12.7. The number of carbonyl (C=O) groups excluding carboxylic acids is 2. The van der Waals surface area contributed by atoms with Gasteiger partial charge in [0.05, 0.1) is 18.9 Å². The van der Waals surface area contributed by atoms with Crippen molar-refractivity contribution >= 4 is 11.8 Å². The van der Waals surface area contributed by atoms with Gasteiger partial charge >= 0.3 is 0 Å². The first kappa shape index (κ1) is 17.6. The summed E-state index contributed by atoms with van der Waals surface area (Å²) in [5, 5.41) is 16.2. The predicted molar refractivity (Wildman–Crippen MR) is 97.2 cm³/mol. The molecule has 1 saturated carbocycles. The van der Waals surface area contributed by atoms with Gasteiger partial charge in [0.2, 0.25) is 0 Å². The van der Waals surface area contributed by atoms with Crippen LogP contribution < -0.4 is 10.6 Å². The number of nitrogens with zero attached hydrogens (tertiary/aromatic N) is 1. The van der Waals surface area contributed by atoms with Crippen molar-refractivity contribution in [3.8, 4) is 0 Å². The van der Waals surface area contributed by atoms with Crippen LogP contribution >= 0.6 is 0 Å². The van der Waals surface area contributed by atoms with Gasteiger partial charge in [-0.15, -0.1) is 0 Å². The number of pyridine rings is 1. The van der Waals surface area contributed by atoms with Gasteiger partial charge in [-0.1, -0.05) is 30.3 Å². The summed E-state index contributed by atoms with van der Waals surface area (Å²) in [5.74, 6) is 0.0680. The van der Waals surface area contributed by atoms with Crippen LogP contribution in [0.1, 0.15) is 38.2 Å². The monoisotopic (exact) mass is 367 g/mol. The Bertz CT molecular complexity index is 861. The molecule has 7 heteroatoms. The molecule has 1 aromatic carbocycles. The SMILES string of the molecule is CNC(=O)c1cc(C(=O)N[C@H]2[C@@H]3COC[C@@H]32)cc([C@@H](O)c2ccccc2)n1. The van der Waals surface area contributed by atoms with E-state index in [0.717, 1.165) is 0 Å². The molecule has 0 spiro atoms. The molecule has 7 nitrogen and oxygen atoms in total. The number of amides is 2. The molecule has 1 aromatic heterocycles. The van der Waals surface area contributed by atoms with Crippen LogP contribution in [-0.4, -0.2) is 48.2 Å². The summed E-state index contributed by atoms with van der Waals surface area (Å²) < 4.78 is 5.34. The van der Waals surface area contributed by atoms with Crippen LogP contribution in [0.25, 0.3) is 0 Å². The molecular weight excluding hydrogens is 346 g/mol. The van der Waals surface area contributed by atoms with E-state index < -0.39 is 12.0 Å². The molecule has 2 fully saturated rings. The highest BCUT2D eigenvalue weighted by Gasteiger charge is 2.54. The number of fused-ring (bicyclic) bond motifs is 1. The number of aliphatic hydroxyl groups excluding tert-OH is 1. The van der Waals surface area contributed by atoms with Gasteiger partial charge in [0.25, 0.3) is 11.8 Å². The lowest BCUT2D eigenvalue weighted by Crippen LogP contribution is -2.31. The second-order valence-corrected chi connectivity index (χ2v) is 6.92. The summed E-state index contributed by atoms with van der Waals surface area (Å²) in [4.78, 5) is 29.1. The summed E-state index contributed by atoms with van der Waals surface area (Å²) in [6.45, 7) is 1.35. The minimum atomic E-state index is -1.03. The zero-order chi connectivity index (χ0) is 19.0. The van der Waals surface area contributed by atoms with Crippen LogP contribution in [0.15, 0.2) is 42.5 Å². The predicted octanol–water partition coefficient (Wildman–Crippen LogP) is 0.897. The molecule has 0 bridgehead atoms. The van der Waals surface area contributed by atoms with Gasteiger partial charge in [-0.25, -0.2) is 4.98 Å². The first-order valence-corrected chi connectivity index (χ1v) is 8.94. The van der Waals surface area contributed by atoms with Gasteiger partial charge in [0.1, 0.15) is 11.8 Å². The maximum atomic E-state index is 12.7. The second kappa shape index (κ2) is 7.09. The second-order valence-electron chi connectivity index (χ2n) is 6.92. The fourth-order valence-corrected chi connectivity index (χ4v) is 3.56. The van der Waals surface area contributed by atoms with Crippen LogP contribution in [-0.2, 0) is 4.74 Å². The van der Waals surface area contributed by atoms with E-state index >= 15 is 0 Å². The van der Waals surface area contributed by atoms with E-state index in [0.29, 0.717) is 36.2 Å². The van der Waals surface area contributed by atoms with Crippen molar-refractivity contribution in [2.45, 2.75) is 12.1 Å². The molecular formula is C20H21N3O4. The van der Waals surface area contributed by atoms with E-state index in [4.69, 9.17) is 4.74 Å². The molecule has 3 N–H and O–H groups in total. The molecule has 140 valence electrons. The van der Waals surface area contributed by atoms with E-state index in [-0.39, 0.29) is 23.3 Å². The summed E-state index contributed by atoms with van der Waals surface area (Å²) >= 11 is 0. The normalized spacial score (nSPS) is 24.0. The highest BCUT2D eigenvalue weighted by molar-refractivity contribution is 5.99. The first-order valence-electron chi connectivity index (χ1n) is 8.94. The number of benzene rings is 1. The third-order valence-electron chi connectivity index (χ3n) is 5.21. The van der Waals surface area contributed by atoms with E-state index in [2.05, 4.69) is 15.6 Å². The Hall–Kier alpha value is -2.77. The molecule has 0 radical (unpaired) electrons. The van der Waals surface area contributed by atoms with Crippen LogP contribution in [0.5, 0.6) is 0 Å². The minimum Gasteiger partial charge on any atom is -0.382 e. The topological polar surface area (TPSA) is 101 Å². The average molecular weight is 367 g/mol. The Morgan fingerprint density at radius 3 is 2.52 bits per heavy atom. The summed E-state index contributed by atoms with van der Waals surface area (Å²) in [5.41, 5.74) is 1.29. The number of nitrogens with one attached hydrogen (secondary N) is 2. The number of rotatable bonds is 5. The summed E-state index contributed by atoms with van der Waals surface area (Å²) in [6, 6.07) is 12.1. The van der Waals surface area contributed by atoms with Gasteiger partial charge in [0, 0.05) is 30.5 Å². The van der Waals surface area contributed by atoms with E-state index in [1.807, 2.05) is 18.2 Å². The Morgan fingerprint density at radius 2 is 1.85 bits per heavy atom. The largest absolute Gasteiger partial charge is 0.382 e. The third-order valence-corrected chi connectivity index (χ3v) is 5.21. The molecule has 2 heterocycles. The van der Waals surface area contributed by atoms with Gasteiger partial charge in [-0.2, -0.15) is 0 Å². The number of aromatic nitrogens is 1. The lowest BCUT2D eigenvalue weighted by molar-refractivity contribution is 0.0928. The molecule has 1 saturated heterocycles. The van der Waals surface area contributed by atoms with Crippen molar-refractivity contribution in [3.63, 3.8) is 0 Å². The summed E-state index contributed by atoms with van der Waals surface area (Å²) in [6.07, 6.45) is -1.03. The standard InChI is InChI=1S/C20H21N3O4/c1-21-20(26)16-8-12(19(25)23-17-13-9-27-10-14(13)17)7-15(22-16)18(24)11-5-3-2-4-6-11/h2-8,13-14,17-18,24H,9-10H2,1H3,(H,21,26)(H,23,25)/t13-,14+,17+,18-/m0/s1. The third kappa shape index (κ3) is 3.43. The van der Waals surface area contributed by atoms with Crippen molar-refractivity contribution in [3.05, 3.63) is 65.0 Å². The first-order chi connectivity index (χ1) is 13.1. The molecule has 4 atom stereocenters. The highest BCUT2D eigenvalue weighted by Crippen LogP contribution is 2.44. The fourth-order valence-electron chi connectivity index (χ4n) is 3.56. The quantitative estimate of drug-likeness (QED) is 0.729. The molecule has 1 aliphatic carbocycles. The molecule has 27 heavy (non-hydrogen) atoms. The van der Waals surface area contributed by atoms with Gasteiger partial charge in [-0.05, 0) is 17.7 Å². The minimum absolute atomic E-state index is 0.0921. The summed E-state index contributed by atoms with van der Waals surface area (Å²) in [7, 11) is 1.50. The van der Waals surface area contributed by atoms with Crippen LogP contribution in [0.2, 0.25) is 0 Å². The van der Waals surface area contributed by atoms with Crippen molar-refractivity contribution in [1.82, 2.24) is 15.6 Å². The Balaban J connectivity index is 1.62. The number of carbonyl (C=O) groups is 2. The number of hydrogen-bond acceptors (Lipinski definition) is 5. The zero-order valence-corrected chi connectivity index (χ0v) is 14.9. The smallest absolute Gasteiger partial charge is 0.269 e. The Morgan fingerprint density at radius 1 is 1.15 bits per heavy atom. The lowest BCUT2D eigenvalue weighted by atomic mass is 10.0. The zero-order valence-electron chi connectivity index (χ0n) is 14.9. The molecule has 2 aliphatic rings. The highest BCUT2D eigenvalue weighted by atomic mass is 16.5. The van der Waals surface area contributed by atoms with Crippen LogP contribution in [0.4, 0.5) is 0 Å². The Labute approximate surface area is 156 Å². The molecule has 0 unspecified atom stereocenters. The molecule has 2 amide bonds. The molecule has 4 rings (SSSR count). The van der Waals surface area contributed by atoms with Crippen molar-refractivity contribution in [2.75, 3.05) is 20.3 Å². The fraction of sp³-hybridized carbons (Fsp3) is 0.350. The number of aliphatic hydroxyl groups is 1. The lowest BCUT2D eigenvalue weighted by Gasteiger charge is -2.14. The van der Waals surface area contributed by atoms with Crippen molar-refractivity contribution in [2.24, 2.45) is 11.8 Å². The van der Waals surface area contributed by atoms with E-state index in [1.54, 1.807) is 12.1 Å². The number of hydrogen-bond donors (Lipinski definition) is 3. The van der Waals surface area contributed by atoms with Gasteiger partial charge in [-0.3, -0.25) is 9.59 Å². The van der Waals surface area contributed by atoms with Crippen LogP contribution in [0.3, 0.4) is 0 Å². The maximum Gasteiger partial charge on any atom is 0.269 e. The van der Waals surface area contributed by atoms with Crippen molar-refractivity contribution < 1.29 is 19.4 Å².